The number of rotatable bonds is 6. The molecule has 0 aliphatic heterocycles. The van der Waals surface area contributed by atoms with Crippen molar-refractivity contribution in [2.45, 2.75) is 63.2 Å². The van der Waals surface area contributed by atoms with Gasteiger partial charge in [0, 0.05) is 51.3 Å². The summed E-state index contributed by atoms with van der Waals surface area (Å²) in [7, 11) is 1.11. The molecule has 2 N–H and O–H groups in total. The number of nitrogens with one attached hydrogen (secondary N) is 2. The van der Waals surface area contributed by atoms with Crippen LogP contribution in [0.5, 0.6) is 0 Å². The molecule has 0 heterocycles. The highest BCUT2D eigenvalue weighted by atomic mass is 79.9. The van der Waals surface area contributed by atoms with Crippen molar-refractivity contribution in [3.63, 3.8) is 0 Å². The summed E-state index contributed by atoms with van der Waals surface area (Å²) in [6.45, 7) is 7.28. The van der Waals surface area contributed by atoms with Gasteiger partial charge in [-0.15, -0.1) is 0 Å². The van der Waals surface area contributed by atoms with Crippen molar-refractivity contribution < 1.29 is 4.21 Å². The van der Waals surface area contributed by atoms with Gasteiger partial charge in [-0.25, -0.2) is 0 Å². The van der Waals surface area contributed by atoms with E-state index in [4.69, 9.17) is 0 Å². The van der Waals surface area contributed by atoms with Crippen LogP contribution in [0.4, 0.5) is 0 Å². The number of nitrogens with zero attached hydrogens (tertiary/aromatic N) is 1. The number of hydrogen-bond acceptors (Lipinski definition) is 2. The molecule has 0 spiro atoms. The highest BCUT2D eigenvalue weighted by molar-refractivity contribution is 9.10. The summed E-state index contributed by atoms with van der Waals surface area (Å²) < 4.78 is 13.2. The van der Waals surface area contributed by atoms with E-state index in [-0.39, 0.29) is 5.41 Å². The number of aliphatic imine (C=N–C) groups is 1. The Bertz CT molecular complexity index is 630. The van der Waals surface area contributed by atoms with E-state index in [0.29, 0.717) is 11.3 Å². The zero-order chi connectivity index (χ0) is 19.2. The lowest BCUT2D eigenvalue weighted by Crippen LogP contribution is -2.49. The molecule has 6 heteroatoms. The first-order chi connectivity index (χ1) is 12.4. The second-order valence-electron chi connectivity index (χ2n) is 7.62. The standard InChI is InChI=1S/C20H32BrN3OS/c1-5-26(25)18-8-6-7-17(13-18)24-19(22-4)23-14-20(2,3)15-9-11-16(21)12-10-15/h9-12,17-18H,5-8,13-14H2,1-4H3,(H2,22,23,24). The van der Waals surface area contributed by atoms with E-state index < -0.39 is 10.8 Å². The molecule has 0 aromatic heterocycles. The fourth-order valence-electron chi connectivity index (χ4n) is 3.45. The van der Waals surface area contributed by atoms with Crippen molar-refractivity contribution in [2.24, 2.45) is 4.99 Å². The average molecular weight is 442 g/mol. The first kappa shape index (κ1) is 21.4. The van der Waals surface area contributed by atoms with E-state index in [0.717, 1.165) is 48.4 Å². The van der Waals surface area contributed by atoms with Crippen LogP contribution in [0.3, 0.4) is 0 Å². The molecule has 1 fully saturated rings. The number of hydrogen-bond donors (Lipinski definition) is 2. The van der Waals surface area contributed by atoms with Crippen LogP contribution >= 0.6 is 15.9 Å². The van der Waals surface area contributed by atoms with Gasteiger partial charge in [0.15, 0.2) is 5.96 Å². The van der Waals surface area contributed by atoms with E-state index >= 15 is 0 Å². The lowest BCUT2D eigenvalue weighted by atomic mass is 9.85. The first-order valence-electron chi connectivity index (χ1n) is 9.46. The third kappa shape index (κ3) is 6.08. The normalized spacial score (nSPS) is 22.7. The summed E-state index contributed by atoms with van der Waals surface area (Å²) in [6, 6.07) is 8.84. The molecule has 3 unspecified atom stereocenters. The highest BCUT2D eigenvalue weighted by Crippen LogP contribution is 2.25. The van der Waals surface area contributed by atoms with Crippen LogP contribution in [0.2, 0.25) is 0 Å². The molecule has 1 aliphatic carbocycles. The van der Waals surface area contributed by atoms with Crippen molar-refractivity contribution >= 4 is 32.7 Å². The Morgan fingerprint density at radius 3 is 2.62 bits per heavy atom. The Kier molecular flexibility index (Phi) is 8.14. The molecule has 3 atom stereocenters. The molecular weight excluding hydrogens is 410 g/mol. The van der Waals surface area contributed by atoms with Crippen molar-refractivity contribution in [3.05, 3.63) is 34.3 Å². The van der Waals surface area contributed by atoms with Crippen molar-refractivity contribution in [2.75, 3.05) is 19.3 Å². The molecule has 1 aromatic carbocycles. The van der Waals surface area contributed by atoms with Crippen molar-refractivity contribution in [1.82, 2.24) is 10.6 Å². The molecular formula is C20H32BrN3OS. The molecule has 1 aromatic rings. The number of guanidine groups is 1. The molecule has 4 nitrogen and oxygen atoms in total. The van der Waals surface area contributed by atoms with E-state index in [2.05, 4.69) is 69.7 Å². The Labute approximate surface area is 169 Å². The van der Waals surface area contributed by atoms with Crippen LogP contribution in [-0.2, 0) is 16.2 Å². The first-order valence-corrected chi connectivity index (χ1v) is 11.6. The maximum atomic E-state index is 12.1. The van der Waals surface area contributed by atoms with Gasteiger partial charge in [-0.05, 0) is 37.0 Å². The van der Waals surface area contributed by atoms with Gasteiger partial charge in [-0.1, -0.05) is 55.3 Å². The van der Waals surface area contributed by atoms with Gasteiger partial charge >= 0.3 is 0 Å². The molecule has 1 aliphatic rings. The van der Waals surface area contributed by atoms with E-state index in [9.17, 15) is 4.21 Å². The zero-order valence-corrected chi connectivity index (χ0v) is 18.8. The lowest BCUT2D eigenvalue weighted by Gasteiger charge is -2.31. The van der Waals surface area contributed by atoms with Gasteiger partial charge in [-0.3, -0.25) is 9.20 Å². The van der Waals surface area contributed by atoms with Gasteiger partial charge in [-0.2, -0.15) is 0 Å². The maximum Gasteiger partial charge on any atom is 0.191 e. The SMILES string of the molecule is CCS(=O)C1CCCC(NC(=NC)NCC(C)(C)c2ccc(Br)cc2)C1. The number of benzene rings is 1. The largest absolute Gasteiger partial charge is 0.356 e. The summed E-state index contributed by atoms with van der Waals surface area (Å²) in [5, 5.41) is 7.35. The van der Waals surface area contributed by atoms with Crippen molar-refractivity contribution in [3.8, 4) is 0 Å². The molecule has 0 radical (unpaired) electrons. The van der Waals surface area contributed by atoms with E-state index in [1.54, 1.807) is 0 Å². The van der Waals surface area contributed by atoms with Gasteiger partial charge in [0.25, 0.3) is 0 Å². The van der Waals surface area contributed by atoms with Crippen LogP contribution in [0.15, 0.2) is 33.7 Å². The van der Waals surface area contributed by atoms with Gasteiger partial charge in [0.1, 0.15) is 0 Å². The van der Waals surface area contributed by atoms with Crippen molar-refractivity contribution in [1.29, 1.82) is 0 Å². The van der Waals surface area contributed by atoms with Crippen LogP contribution in [-0.4, -0.2) is 40.8 Å². The Morgan fingerprint density at radius 1 is 1.31 bits per heavy atom. The van der Waals surface area contributed by atoms with E-state index in [1.165, 1.54) is 5.56 Å². The molecule has 26 heavy (non-hydrogen) atoms. The highest BCUT2D eigenvalue weighted by Gasteiger charge is 2.27. The molecule has 0 amide bonds. The fraction of sp³-hybridized carbons (Fsp3) is 0.650. The summed E-state index contributed by atoms with van der Waals surface area (Å²) in [6.07, 6.45) is 4.31. The zero-order valence-electron chi connectivity index (χ0n) is 16.3. The smallest absolute Gasteiger partial charge is 0.191 e. The van der Waals surface area contributed by atoms with Crippen LogP contribution in [0.25, 0.3) is 0 Å². The Hall–Kier alpha value is -0.880. The maximum absolute atomic E-state index is 12.1. The summed E-state index contributed by atoms with van der Waals surface area (Å²) in [5.41, 5.74) is 1.29. The minimum absolute atomic E-state index is 0.00285. The topological polar surface area (TPSA) is 53.5 Å². The quantitative estimate of drug-likeness (QED) is 0.518. The van der Waals surface area contributed by atoms with Gasteiger partial charge in [0.05, 0.1) is 0 Å². The average Bonchev–Trinajstić information content (AvgIpc) is 2.65. The van der Waals surface area contributed by atoms with Crippen LogP contribution in [0, 0.1) is 0 Å². The fourth-order valence-corrected chi connectivity index (χ4v) is 5.06. The molecule has 2 rings (SSSR count). The molecule has 0 saturated heterocycles. The summed E-state index contributed by atoms with van der Waals surface area (Å²) in [5.74, 6) is 1.59. The summed E-state index contributed by atoms with van der Waals surface area (Å²) in [4.78, 5) is 4.39. The molecule has 1 saturated carbocycles. The second kappa shape index (κ2) is 9.88. The van der Waals surface area contributed by atoms with Crippen LogP contribution < -0.4 is 10.6 Å². The third-order valence-electron chi connectivity index (χ3n) is 5.17. The Balaban J connectivity index is 1.91. The van der Waals surface area contributed by atoms with Crippen LogP contribution in [0.1, 0.15) is 52.0 Å². The summed E-state index contributed by atoms with van der Waals surface area (Å²) >= 11 is 3.49. The van der Waals surface area contributed by atoms with Gasteiger partial charge in [0.2, 0.25) is 0 Å². The minimum Gasteiger partial charge on any atom is -0.356 e. The van der Waals surface area contributed by atoms with E-state index in [1.807, 2.05) is 14.0 Å². The predicted octanol–water partition coefficient (Wildman–Crippen LogP) is 3.97. The number of halogens is 1. The molecule has 146 valence electrons. The minimum atomic E-state index is -0.700. The predicted molar refractivity (Wildman–Crippen MR) is 116 cm³/mol. The molecule has 0 bridgehead atoms. The second-order valence-corrected chi connectivity index (χ2v) is 10.5. The monoisotopic (exact) mass is 441 g/mol. The Morgan fingerprint density at radius 2 is 2.00 bits per heavy atom. The third-order valence-corrected chi connectivity index (χ3v) is 7.44. The van der Waals surface area contributed by atoms with Gasteiger partial charge < -0.3 is 10.6 Å². The lowest BCUT2D eigenvalue weighted by molar-refractivity contribution is 0.410.